The van der Waals surface area contributed by atoms with Crippen LogP contribution in [0.2, 0.25) is 0 Å². The Morgan fingerprint density at radius 2 is 1.96 bits per heavy atom. The van der Waals surface area contributed by atoms with Crippen molar-refractivity contribution in [2.45, 2.75) is 23.1 Å². The SMILES string of the molecule is Cc1cc(=O)oc2cc3c(cc12)C1Nc2ccccc2SC1C(=O)O3. The number of anilines is 1. The molecule has 1 aromatic heterocycles. The summed E-state index contributed by atoms with van der Waals surface area (Å²) in [6, 6.07) is 12.8. The number of hydrogen-bond donors (Lipinski definition) is 1. The number of benzene rings is 2. The van der Waals surface area contributed by atoms with Gasteiger partial charge in [0.15, 0.2) is 0 Å². The van der Waals surface area contributed by atoms with Crippen LogP contribution in [-0.2, 0) is 4.79 Å². The first-order chi connectivity index (χ1) is 12.1. The molecule has 1 N–H and O–H groups in total. The highest BCUT2D eigenvalue weighted by atomic mass is 32.2. The average molecular weight is 351 g/mol. The molecule has 3 heterocycles. The fourth-order valence-electron chi connectivity index (χ4n) is 3.42. The van der Waals surface area contributed by atoms with Crippen molar-refractivity contribution in [2.24, 2.45) is 0 Å². The number of hydrogen-bond acceptors (Lipinski definition) is 6. The third kappa shape index (κ3) is 2.17. The van der Waals surface area contributed by atoms with Crippen LogP contribution in [-0.4, -0.2) is 11.2 Å². The maximum atomic E-state index is 12.5. The first-order valence-corrected chi connectivity index (χ1v) is 8.80. The van der Waals surface area contributed by atoms with E-state index in [0.717, 1.165) is 27.1 Å². The molecule has 0 radical (unpaired) electrons. The first kappa shape index (κ1) is 14.6. The van der Waals surface area contributed by atoms with Crippen molar-refractivity contribution < 1.29 is 13.9 Å². The Balaban J connectivity index is 1.72. The number of para-hydroxylation sites is 1. The standard InChI is InChI=1S/C19H13NO4S/c1-9-6-16(21)23-13-8-14-11(7-10(9)13)17-18(19(22)24-14)25-15-5-3-2-4-12(15)20-17/h2-8,17-18,20H,1H3. The number of carbonyl (C=O) groups excluding carboxylic acids is 1. The zero-order valence-electron chi connectivity index (χ0n) is 13.2. The second-order valence-corrected chi connectivity index (χ2v) is 7.40. The highest BCUT2D eigenvalue weighted by Crippen LogP contribution is 2.49. The monoisotopic (exact) mass is 351 g/mol. The zero-order valence-corrected chi connectivity index (χ0v) is 14.1. The minimum Gasteiger partial charge on any atom is -0.425 e. The number of fused-ring (bicyclic) bond motifs is 5. The highest BCUT2D eigenvalue weighted by Gasteiger charge is 2.42. The predicted molar refractivity (Wildman–Crippen MR) is 95.3 cm³/mol. The van der Waals surface area contributed by atoms with Crippen molar-refractivity contribution >= 4 is 34.4 Å². The van der Waals surface area contributed by atoms with Crippen molar-refractivity contribution in [2.75, 3.05) is 5.32 Å². The molecular weight excluding hydrogens is 338 g/mol. The summed E-state index contributed by atoms with van der Waals surface area (Å²) in [5, 5.41) is 3.96. The van der Waals surface area contributed by atoms with E-state index in [2.05, 4.69) is 5.32 Å². The Hall–Kier alpha value is -2.73. The summed E-state index contributed by atoms with van der Waals surface area (Å²) < 4.78 is 10.8. The summed E-state index contributed by atoms with van der Waals surface area (Å²) in [6.45, 7) is 1.87. The summed E-state index contributed by atoms with van der Waals surface area (Å²) >= 11 is 1.51. The van der Waals surface area contributed by atoms with Gasteiger partial charge in [-0.15, -0.1) is 11.8 Å². The summed E-state index contributed by atoms with van der Waals surface area (Å²) in [5.41, 5.74) is 2.76. The molecule has 0 spiro atoms. The Morgan fingerprint density at radius 1 is 1.12 bits per heavy atom. The summed E-state index contributed by atoms with van der Waals surface area (Å²) in [6.07, 6.45) is 0. The number of nitrogens with one attached hydrogen (secondary N) is 1. The summed E-state index contributed by atoms with van der Waals surface area (Å²) in [5.74, 6) is 0.152. The van der Waals surface area contributed by atoms with Gasteiger partial charge in [0.25, 0.3) is 0 Å². The van der Waals surface area contributed by atoms with E-state index in [1.165, 1.54) is 17.8 Å². The van der Waals surface area contributed by atoms with Gasteiger partial charge in [0, 0.05) is 33.7 Å². The fraction of sp³-hybridized carbons (Fsp3) is 0.158. The van der Waals surface area contributed by atoms with E-state index in [-0.39, 0.29) is 17.3 Å². The van der Waals surface area contributed by atoms with Crippen molar-refractivity contribution in [3.8, 4) is 5.75 Å². The molecule has 3 aromatic rings. The van der Waals surface area contributed by atoms with E-state index in [4.69, 9.17) is 9.15 Å². The number of thioether (sulfide) groups is 1. The van der Waals surface area contributed by atoms with Gasteiger partial charge in [0.1, 0.15) is 16.6 Å². The molecule has 5 rings (SSSR count). The first-order valence-electron chi connectivity index (χ1n) is 7.92. The van der Waals surface area contributed by atoms with Crippen LogP contribution in [0.4, 0.5) is 5.69 Å². The van der Waals surface area contributed by atoms with Crippen molar-refractivity contribution in [3.05, 3.63) is 64.0 Å². The van der Waals surface area contributed by atoms with Gasteiger partial charge >= 0.3 is 11.6 Å². The minimum atomic E-state index is -0.412. The zero-order chi connectivity index (χ0) is 17.1. The van der Waals surface area contributed by atoms with Crippen LogP contribution in [0.25, 0.3) is 11.0 Å². The third-order valence-corrected chi connectivity index (χ3v) is 5.94. The Kier molecular flexibility index (Phi) is 3.00. The molecule has 0 bridgehead atoms. The normalized spacial score (nSPS) is 20.9. The molecule has 124 valence electrons. The van der Waals surface area contributed by atoms with Crippen LogP contribution in [0.5, 0.6) is 5.75 Å². The van der Waals surface area contributed by atoms with Gasteiger partial charge in [-0.2, -0.15) is 0 Å². The van der Waals surface area contributed by atoms with Gasteiger partial charge in [0.2, 0.25) is 0 Å². The molecule has 25 heavy (non-hydrogen) atoms. The molecule has 2 atom stereocenters. The number of esters is 1. The lowest BCUT2D eigenvalue weighted by Gasteiger charge is -2.37. The van der Waals surface area contributed by atoms with Gasteiger partial charge in [0.05, 0.1) is 6.04 Å². The van der Waals surface area contributed by atoms with Crippen LogP contribution in [0.15, 0.2) is 56.6 Å². The molecule has 2 aromatic carbocycles. The van der Waals surface area contributed by atoms with Crippen LogP contribution in [0.1, 0.15) is 17.2 Å². The van der Waals surface area contributed by atoms with Crippen molar-refractivity contribution in [1.82, 2.24) is 0 Å². The van der Waals surface area contributed by atoms with E-state index in [0.29, 0.717) is 11.3 Å². The van der Waals surface area contributed by atoms with E-state index in [1.54, 1.807) is 6.07 Å². The van der Waals surface area contributed by atoms with Crippen molar-refractivity contribution in [3.63, 3.8) is 0 Å². The van der Waals surface area contributed by atoms with E-state index in [1.807, 2.05) is 37.3 Å². The Bertz CT molecular complexity index is 1100. The number of ether oxygens (including phenoxy) is 1. The molecule has 2 aliphatic heterocycles. The minimum absolute atomic E-state index is 0.188. The van der Waals surface area contributed by atoms with Gasteiger partial charge in [-0.3, -0.25) is 4.79 Å². The Labute approximate surface area is 147 Å². The third-order valence-electron chi connectivity index (χ3n) is 4.61. The molecule has 0 saturated carbocycles. The second kappa shape index (κ2) is 5.13. The van der Waals surface area contributed by atoms with Crippen molar-refractivity contribution in [1.29, 1.82) is 0 Å². The lowest BCUT2D eigenvalue weighted by molar-refractivity contribution is -0.135. The second-order valence-electron chi connectivity index (χ2n) is 6.21. The smallest absolute Gasteiger partial charge is 0.336 e. The number of carbonyl (C=O) groups is 1. The molecule has 2 unspecified atom stereocenters. The van der Waals surface area contributed by atoms with Gasteiger partial charge in [-0.25, -0.2) is 4.79 Å². The lowest BCUT2D eigenvalue weighted by atomic mass is 9.96. The lowest BCUT2D eigenvalue weighted by Crippen LogP contribution is -2.39. The maximum absolute atomic E-state index is 12.5. The van der Waals surface area contributed by atoms with Crippen LogP contribution >= 0.6 is 11.8 Å². The molecule has 0 fully saturated rings. The van der Waals surface area contributed by atoms with Crippen LogP contribution in [0.3, 0.4) is 0 Å². The fourth-order valence-corrected chi connectivity index (χ4v) is 4.60. The Morgan fingerprint density at radius 3 is 2.84 bits per heavy atom. The predicted octanol–water partition coefficient (Wildman–Crippen LogP) is 3.65. The summed E-state index contributed by atoms with van der Waals surface area (Å²) in [4.78, 5) is 25.1. The number of aryl methyl sites for hydroxylation is 1. The topological polar surface area (TPSA) is 68.5 Å². The summed E-state index contributed by atoms with van der Waals surface area (Å²) in [7, 11) is 0. The molecule has 2 aliphatic rings. The average Bonchev–Trinajstić information content (AvgIpc) is 2.59. The largest absolute Gasteiger partial charge is 0.425 e. The van der Waals surface area contributed by atoms with E-state index >= 15 is 0 Å². The van der Waals surface area contributed by atoms with Gasteiger partial charge in [-0.05, 0) is 30.7 Å². The van der Waals surface area contributed by atoms with Crippen LogP contribution < -0.4 is 15.7 Å². The molecule has 5 nitrogen and oxygen atoms in total. The van der Waals surface area contributed by atoms with E-state index in [9.17, 15) is 9.59 Å². The molecular formula is C19H13NO4S. The maximum Gasteiger partial charge on any atom is 0.336 e. The van der Waals surface area contributed by atoms with Gasteiger partial charge < -0.3 is 14.5 Å². The molecule has 0 saturated heterocycles. The molecule has 0 amide bonds. The van der Waals surface area contributed by atoms with Gasteiger partial charge in [-0.1, -0.05) is 12.1 Å². The van der Waals surface area contributed by atoms with Crippen LogP contribution in [0, 0.1) is 6.92 Å². The quantitative estimate of drug-likeness (QED) is 0.379. The van der Waals surface area contributed by atoms with E-state index < -0.39 is 5.63 Å². The molecule has 6 heteroatoms. The number of rotatable bonds is 0. The highest BCUT2D eigenvalue weighted by molar-refractivity contribution is 8.00. The molecule has 0 aliphatic carbocycles.